The highest BCUT2D eigenvalue weighted by Crippen LogP contribution is 2.54. The Morgan fingerprint density at radius 3 is 2.73 bits per heavy atom. The van der Waals surface area contributed by atoms with Crippen molar-refractivity contribution in [3.05, 3.63) is 72.3 Å². The summed E-state index contributed by atoms with van der Waals surface area (Å²) in [5.41, 5.74) is 9.18. The van der Waals surface area contributed by atoms with Gasteiger partial charge in [-0.1, -0.05) is 6.92 Å². The number of rotatable bonds is 5. The molecule has 4 aromatic heterocycles. The van der Waals surface area contributed by atoms with Crippen LogP contribution in [0.2, 0.25) is 0 Å². The number of hydrogen-bond donors (Lipinski definition) is 2. The molecule has 9 nitrogen and oxygen atoms in total. The van der Waals surface area contributed by atoms with E-state index in [4.69, 9.17) is 10.2 Å². The topological polar surface area (TPSA) is 125 Å². The van der Waals surface area contributed by atoms with E-state index in [1.807, 2.05) is 13.2 Å². The first-order chi connectivity index (χ1) is 17.8. The average molecular weight is 498 g/mol. The normalized spacial score (nSPS) is 18.8. The predicted molar refractivity (Wildman–Crippen MR) is 137 cm³/mol. The molecule has 37 heavy (non-hydrogen) atoms. The van der Waals surface area contributed by atoms with Crippen molar-refractivity contribution >= 4 is 28.3 Å². The van der Waals surface area contributed by atoms with E-state index in [1.54, 1.807) is 42.2 Å². The molecule has 6 rings (SSSR count). The molecule has 0 saturated heterocycles. The number of nitrogens with two attached hydrogens (primary N) is 1. The lowest BCUT2D eigenvalue weighted by Gasteiger charge is -2.12. The second-order valence-electron chi connectivity index (χ2n) is 9.52. The summed E-state index contributed by atoms with van der Waals surface area (Å²) < 4.78 is 22.3. The molecule has 0 radical (unpaired) electrons. The van der Waals surface area contributed by atoms with Gasteiger partial charge >= 0.3 is 0 Å². The standard InChI is InChI=1S/C27H24FN7O2/c1-13-6-16(27-30-4-5-37-27)7-19(28)22(13)20-8-15-9-21(31-11-18(15)25(29)33-20)34-26(36)24-14(2)23(24)17-10-32-35(3)12-17/h4-12,14,23-24H,1-3H3,(H2,29,33)(H,31,34,36)/t14-,23+,24-/m0/s1. The third kappa shape index (κ3) is 4.00. The van der Waals surface area contributed by atoms with E-state index < -0.39 is 5.82 Å². The Morgan fingerprint density at radius 2 is 2.03 bits per heavy atom. The van der Waals surface area contributed by atoms with Crippen molar-refractivity contribution < 1.29 is 13.6 Å². The van der Waals surface area contributed by atoms with Gasteiger partial charge in [-0.25, -0.2) is 19.3 Å². The van der Waals surface area contributed by atoms with Crippen molar-refractivity contribution in [1.82, 2.24) is 24.7 Å². The van der Waals surface area contributed by atoms with Crippen LogP contribution in [-0.4, -0.2) is 30.6 Å². The van der Waals surface area contributed by atoms with E-state index >= 15 is 4.39 Å². The number of halogens is 1. The number of oxazole rings is 1. The fraction of sp³-hybridized carbons (Fsp3) is 0.222. The summed E-state index contributed by atoms with van der Waals surface area (Å²) in [6.45, 7) is 3.85. The van der Waals surface area contributed by atoms with Gasteiger partial charge in [-0.15, -0.1) is 0 Å². The first-order valence-electron chi connectivity index (χ1n) is 11.9. The number of aryl methyl sites for hydroxylation is 2. The number of hydrogen-bond acceptors (Lipinski definition) is 7. The number of fused-ring (bicyclic) bond motifs is 1. The van der Waals surface area contributed by atoms with E-state index in [0.717, 1.165) is 5.56 Å². The molecule has 1 saturated carbocycles. The Hall–Kier alpha value is -4.60. The third-order valence-corrected chi connectivity index (χ3v) is 7.01. The van der Waals surface area contributed by atoms with Gasteiger partial charge in [-0.2, -0.15) is 5.10 Å². The Balaban J connectivity index is 1.30. The Bertz CT molecular complexity index is 1640. The van der Waals surface area contributed by atoms with Crippen molar-refractivity contribution in [1.29, 1.82) is 0 Å². The molecule has 1 amide bonds. The second kappa shape index (κ2) is 8.51. The van der Waals surface area contributed by atoms with Gasteiger partial charge in [0.15, 0.2) is 0 Å². The van der Waals surface area contributed by atoms with Crippen molar-refractivity contribution in [2.24, 2.45) is 18.9 Å². The molecule has 1 aromatic carbocycles. The molecule has 1 fully saturated rings. The maximum atomic E-state index is 15.3. The van der Waals surface area contributed by atoms with Crippen LogP contribution in [0.5, 0.6) is 0 Å². The van der Waals surface area contributed by atoms with E-state index in [1.165, 1.54) is 18.5 Å². The molecule has 0 bridgehead atoms. The van der Waals surface area contributed by atoms with Crippen LogP contribution in [0.4, 0.5) is 16.0 Å². The number of pyridine rings is 2. The summed E-state index contributed by atoms with van der Waals surface area (Å²) >= 11 is 0. The highest BCUT2D eigenvalue weighted by atomic mass is 19.1. The largest absolute Gasteiger partial charge is 0.445 e. The van der Waals surface area contributed by atoms with Crippen LogP contribution in [0.1, 0.15) is 24.0 Å². The van der Waals surface area contributed by atoms with Crippen LogP contribution < -0.4 is 11.1 Å². The average Bonchev–Trinajstić information content (AvgIpc) is 3.21. The predicted octanol–water partition coefficient (Wildman–Crippen LogP) is 4.70. The monoisotopic (exact) mass is 497 g/mol. The van der Waals surface area contributed by atoms with E-state index in [9.17, 15) is 4.79 Å². The molecule has 186 valence electrons. The summed E-state index contributed by atoms with van der Waals surface area (Å²) in [4.78, 5) is 25.9. The molecule has 0 unspecified atom stereocenters. The number of amides is 1. The highest BCUT2D eigenvalue weighted by molar-refractivity contribution is 5.99. The van der Waals surface area contributed by atoms with Crippen molar-refractivity contribution in [2.75, 3.05) is 11.1 Å². The van der Waals surface area contributed by atoms with Crippen LogP contribution in [0.25, 0.3) is 33.5 Å². The van der Waals surface area contributed by atoms with E-state index in [0.29, 0.717) is 44.9 Å². The summed E-state index contributed by atoms with van der Waals surface area (Å²) in [5.74, 6) is 0.578. The van der Waals surface area contributed by atoms with Crippen LogP contribution in [0, 0.1) is 24.6 Å². The zero-order valence-electron chi connectivity index (χ0n) is 20.4. The third-order valence-electron chi connectivity index (χ3n) is 7.01. The van der Waals surface area contributed by atoms with Crippen molar-refractivity contribution in [3.63, 3.8) is 0 Å². The molecule has 1 aliphatic carbocycles. The van der Waals surface area contributed by atoms with Crippen LogP contribution in [0.3, 0.4) is 0 Å². The summed E-state index contributed by atoms with van der Waals surface area (Å²) in [7, 11) is 1.86. The molecule has 3 N–H and O–H groups in total. The number of carbonyl (C=O) groups excluding carboxylic acids is 1. The number of nitrogen functional groups attached to an aromatic ring is 1. The van der Waals surface area contributed by atoms with Crippen molar-refractivity contribution in [3.8, 4) is 22.7 Å². The molecule has 0 spiro atoms. The number of carbonyl (C=O) groups is 1. The Labute approximate surface area is 211 Å². The van der Waals surface area contributed by atoms with Gasteiger partial charge < -0.3 is 15.5 Å². The van der Waals surface area contributed by atoms with Crippen LogP contribution in [-0.2, 0) is 11.8 Å². The van der Waals surface area contributed by atoms with Gasteiger partial charge in [0.05, 0.1) is 18.1 Å². The van der Waals surface area contributed by atoms with Crippen LogP contribution in [0.15, 0.2) is 59.7 Å². The molecular weight excluding hydrogens is 473 g/mol. The lowest BCUT2D eigenvalue weighted by molar-refractivity contribution is -0.117. The van der Waals surface area contributed by atoms with Gasteiger partial charge in [-0.05, 0) is 53.6 Å². The van der Waals surface area contributed by atoms with E-state index in [-0.39, 0.29) is 29.5 Å². The second-order valence-corrected chi connectivity index (χ2v) is 9.52. The molecule has 3 atom stereocenters. The zero-order chi connectivity index (χ0) is 25.8. The first-order valence-corrected chi connectivity index (χ1v) is 11.9. The molecule has 10 heteroatoms. The van der Waals surface area contributed by atoms with Gasteiger partial charge in [0.25, 0.3) is 0 Å². The van der Waals surface area contributed by atoms with Crippen LogP contribution >= 0.6 is 0 Å². The molecule has 1 aliphatic rings. The molecular formula is C27H24FN7O2. The number of anilines is 2. The summed E-state index contributed by atoms with van der Waals surface area (Å²) in [6.07, 6.45) is 8.27. The lowest BCUT2D eigenvalue weighted by atomic mass is 9.99. The summed E-state index contributed by atoms with van der Waals surface area (Å²) in [6, 6.07) is 6.64. The minimum atomic E-state index is -0.466. The number of aromatic nitrogens is 5. The molecule has 0 aliphatic heterocycles. The quantitative estimate of drug-likeness (QED) is 0.360. The minimum absolute atomic E-state index is 0.0977. The smallest absolute Gasteiger partial charge is 0.229 e. The highest BCUT2D eigenvalue weighted by Gasteiger charge is 2.52. The maximum absolute atomic E-state index is 15.3. The number of nitrogens with one attached hydrogen (secondary N) is 1. The summed E-state index contributed by atoms with van der Waals surface area (Å²) in [5, 5.41) is 8.45. The number of benzene rings is 1. The fourth-order valence-corrected chi connectivity index (χ4v) is 5.13. The fourth-order valence-electron chi connectivity index (χ4n) is 5.13. The Kier molecular flexibility index (Phi) is 5.25. The first kappa shape index (κ1) is 22.8. The minimum Gasteiger partial charge on any atom is -0.445 e. The van der Waals surface area contributed by atoms with Gasteiger partial charge in [0.1, 0.15) is 23.7 Å². The van der Waals surface area contributed by atoms with Gasteiger partial charge in [0, 0.05) is 47.8 Å². The lowest BCUT2D eigenvalue weighted by Crippen LogP contribution is -2.16. The van der Waals surface area contributed by atoms with Gasteiger partial charge in [0.2, 0.25) is 11.8 Å². The van der Waals surface area contributed by atoms with E-state index in [2.05, 4.69) is 32.3 Å². The Morgan fingerprint density at radius 1 is 1.19 bits per heavy atom. The SMILES string of the molecule is Cc1cc(-c2ncco2)cc(F)c1-c1cc2cc(NC(=O)[C@H]3[C@@H](C)[C@@H]3c3cnn(C)c3)ncc2c(N)n1. The number of nitrogens with zero attached hydrogens (tertiary/aromatic N) is 5. The zero-order valence-corrected chi connectivity index (χ0v) is 20.4. The van der Waals surface area contributed by atoms with Gasteiger partial charge in [-0.3, -0.25) is 9.48 Å². The molecule has 4 heterocycles. The molecule has 5 aromatic rings. The van der Waals surface area contributed by atoms with Crippen molar-refractivity contribution in [2.45, 2.75) is 19.8 Å². The maximum Gasteiger partial charge on any atom is 0.229 e.